The third kappa shape index (κ3) is 4.98. The molecule has 3 heterocycles. The van der Waals surface area contributed by atoms with Gasteiger partial charge in [-0.3, -0.25) is 14.6 Å². The van der Waals surface area contributed by atoms with Gasteiger partial charge in [-0.15, -0.1) is 0 Å². The maximum absolute atomic E-state index is 12.9. The molecule has 0 aliphatic carbocycles. The van der Waals surface area contributed by atoms with Crippen molar-refractivity contribution in [3.63, 3.8) is 0 Å². The van der Waals surface area contributed by atoms with Gasteiger partial charge in [-0.05, 0) is 56.8 Å². The Morgan fingerprint density at radius 3 is 2.24 bits per heavy atom. The summed E-state index contributed by atoms with van der Waals surface area (Å²) in [7, 11) is 0. The van der Waals surface area contributed by atoms with Gasteiger partial charge in [-0.2, -0.15) is 0 Å². The molecule has 33 heavy (non-hydrogen) atoms. The molecule has 1 fully saturated rings. The molecule has 2 aliphatic heterocycles. The molecule has 0 bridgehead atoms. The van der Waals surface area contributed by atoms with Crippen molar-refractivity contribution in [3.05, 3.63) is 88.9 Å². The summed E-state index contributed by atoms with van der Waals surface area (Å²) in [6.45, 7) is 5.85. The van der Waals surface area contributed by atoms with E-state index in [1.54, 1.807) is 0 Å². The van der Waals surface area contributed by atoms with Gasteiger partial charge in [0.1, 0.15) is 11.6 Å². The number of carbonyl (C=O) groups excluding carboxylic acids is 1. The number of hydrogen-bond acceptors (Lipinski definition) is 4. The van der Waals surface area contributed by atoms with Crippen molar-refractivity contribution in [3.8, 4) is 0 Å². The molecule has 0 spiro atoms. The third-order valence-electron chi connectivity index (χ3n) is 7.02. The third-order valence-corrected chi connectivity index (χ3v) is 7.02. The summed E-state index contributed by atoms with van der Waals surface area (Å²) in [4.78, 5) is 27.2. The van der Waals surface area contributed by atoms with Crippen molar-refractivity contribution in [2.45, 2.75) is 51.5 Å². The molecule has 5 rings (SSSR count). The number of aryl methyl sites for hydroxylation is 1. The molecule has 0 atom stereocenters. The van der Waals surface area contributed by atoms with Gasteiger partial charge >= 0.3 is 0 Å². The minimum Gasteiger partial charge on any atom is -0.299 e. The lowest BCUT2D eigenvalue weighted by Gasteiger charge is -2.33. The van der Waals surface area contributed by atoms with Gasteiger partial charge in [-0.1, -0.05) is 60.7 Å². The first-order valence-electron chi connectivity index (χ1n) is 12.2. The van der Waals surface area contributed by atoms with E-state index < -0.39 is 0 Å². The lowest BCUT2D eigenvalue weighted by atomic mass is 9.94. The number of nitrogens with zero attached hydrogens (tertiary/aromatic N) is 4. The van der Waals surface area contributed by atoms with E-state index in [0.29, 0.717) is 18.9 Å². The average molecular weight is 441 g/mol. The van der Waals surface area contributed by atoms with Crippen LogP contribution in [0.15, 0.2) is 60.7 Å². The van der Waals surface area contributed by atoms with E-state index in [4.69, 9.17) is 9.97 Å². The fourth-order valence-electron chi connectivity index (χ4n) is 5.09. The number of benzene rings is 2. The molecule has 3 aromatic rings. The molecule has 0 N–H and O–H groups in total. The normalized spacial score (nSPS) is 17.2. The highest BCUT2D eigenvalue weighted by molar-refractivity contribution is 5.95. The maximum Gasteiger partial charge on any atom is 0.228 e. The number of aromatic nitrogens is 2. The van der Waals surface area contributed by atoms with E-state index >= 15 is 0 Å². The highest BCUT2D eigenvalue weighted by atomic mass is 16.2. The van der Waals surface area contributed by atoms with E-state index in [1.807, 2.05) is 11.0 Å². The summed E-state index contributed by atoms with van der Waals surface area (Å²) in [5.41, 5.74) is 4.80. The van der Waals surface area contributed by atoms with Crippen LogP contribution in [-0.2, 0) is 24.2 Å². The van der Waals surface area contributed by atoms with E-state index in [1.165, 1.54) is 11.1 Å². The van der Waals surface area contributed by atoms with E-state index in [9.17, 15) is 4.79 Å². The zero-order valence-electron chi connectivity index (χ0n) is 19.4. The maximum atomic E-state index is 12.9. The molecular weight excluding hydrogens is 408 g/mol. The number of likely N-dealkylation sites (tertiary alicyclic amines) is 1. The summed E-state index contributed by atoms with van der Waals surface area (Å²) in [5, 5.41) is 0. The minimum atomic E-state index is 0.181. The average Bonchev–Trinajstić information content (AvgIpc) is 2.85. The fourth-order valence-corrected chi connectivity index (χ4v) is 5.09. The molecule has 0 unspecified atom stereocenters. The van der Waals surface area contributed by atoms with Crippen LogP contribution in [0, 0.1) is 6.92 Å². The van der Waals surface area contributed by atoms with Crippen LogP contribution in [0.4, 0.5) is 5.82 Å². The van der Waals surface area contributed by atoms with Gasteiger partial charge < -0.3 is 0 Å². The van der Waals surface area contributed by atoms with Gasteiger partial charge in [0.25, 0.3) is 0 Å². The van der Waals surface area contributed by atoms with Crippen molar-refractivity contribution in [2.75, 3.05) is 24.5 Å². The quantitative estimate of drug-likeness (QED) is 0.558. The minimum absolute atomic E-state index is 0.181. The molecule has 2 aliphatic rings. The molecule has 1 amide bonds. The second kappa shape index (κ2) is 9.84. The van der Waals surface area contributed by atoms with Crippen LogP contribution in [0.1, 0.15) is 53.4 Å². The molecule has 2 aromatic carbocycles. The molecule has 0 radical (unpaired) electrons. The van der Waals surface area contributed by atoms with E-state index in [-0.39, 0.29) is 5.91 Å². The monoisotopic (exact) mass is 440 g/mol. The Labute approximate surface area is 196 Å². The molecule has 5 heteroatoms. The second-order valence-corrected chi connectivity index (χ2v) is 9.29. The summed E-state index contributed by atoms with van der Waals surface area (Å²) >= 11 is 0. The van der Waals surface area contributed by atoms with Gasteiger partial charge in [0.2, 0.25) is 5.91 Å². The van der Waals surface area contributed by atoms with Gasteiger partial charge in [-0.25, -0.2) is 9.97 Å². The number of fused-ring (bicyclic) bond motifs is 1. The van der Waals surface area contributed by atoms with Crippen LogP contribution < -0.4 is 4.90 Å². The largest absolute Gasteiger partial charge is 0.299 e. The number of amides is 1. The lowest BCUT2D eigenvalue weighted by molar-refractivity contribution is -0.118. The Morgan fingerprint density at radius 1 is 0.879 bits per heavy atom. The van der Waals surface area contributed by atoms with E-state index in [2.05, 4.69) is 66.4 Å². The fraction of sp³-hybridized carbons (Fsp3) is 0.393. The van der Waals surface area contributed by atoms with Crippen LogP contribution in [0.5, 0.6) is 0 Å². The summed E-state index contributed by atoms with van der Waals surface area (Å²) in [6, 6.07) is 21.0. The highest BCUT2D eigenvalue weighted by Gasteiger charge is 2.30. The van der Waals surface area contributed by atoms with Crippen molar-refractivity contribution in [2.24, 2.45) is 0 Å². The van der Waals surface area contributed by atoms with Crippen LogP contribution >= 0.6 is 0 Å². The highest BCUT2D eigenvalue weighted by Crippen LogP contribution is 2.33. The Balaban J connectivity index is 1.30. The SMILES string of the molecule is Cc1nc(C2CCN(Cc3ccccc3)CC2)nc2c1CCC(=O)N2CCc1ccccc1. The topological polar surface area (TPSA) is 49.3 Å². The zero-order chi connectivity index (χ0) is 22.6. The first-order chi connectivity index (χ1) is 16.2. The zero-order valence-corrected chi connectivity index (χ0v) is 19.4. The van der Waals surface area contributed by atoms with Crippen LogP contribution in [0.25, 0.3) is 0 Å². The predicted molar refractivity (Wildman–Crippen MR) is 131 cm³/mol. The number of piperidine rings is 1. The summed E-state index contributed by atoms with van der Waals surface area (Å²) in [5.74, 6) is 2.32. The Morgan fingerprint density at radius 2 is 1.55 bits per heavy atom. The molecule has 5 nitrogen and oxygen atoms in total. The Bertz CT molecular complexity index is 1090. The van der Waals surface area contributed by atoms with Crippen molar-refractivity contribution in [1.82, 2.24) is 14.9 Å². The Hall–Kier alpha value is -3.05. The summed E-state index contributed by atoms with van der Waals surface area (Å²) < 4.78 is 0. The van der Waals surface area contributed by atoms with E-state index in [0.717, 1.165) is 68.2 Å². The molecular formula is C28H32N4O. The number of anilines is 1. The first-order valence-corrected chi connectivity index (χ1v) is 12.2. The number of rotatable bonds is 6. The van der Waals surface area contributed by atoms with Crippen molar-refractivity contribution < 1.29 is 4.79 Å². The van der Waals surface area contributed by atoms with Crippen LogP contribution in [0.2, 0.25) is 0 Å². The molecule has 1 saturated heterocycles. The van der Waals surface area contributed by atoms with Crippen LogP contribution in [0.3, 0.4) is 0 Å². The molecule has 1 aromatic heterocycles. The first kappa shape index (κ1) is 21.8. The standard InChI is InChI=1S/C28H32N4O/c1-21-25-12-13-26(33)32(19-14-22-8-4-2-5-9-22)28(25)30-27(29-21)24-15-17-31(18-16-24)20-23-10-6-3-7-11-23/h2-11,24H,12-20H2,1H3. The predicted octanol–water partition coefficient (Wildman–Crippen LogP) is 4.69. The van der Waals surface area contributed by atoms with Gasteiger partial charge in [0.15, 0.2) is 0 Å². The molecule has 170 valence electrons. The van der Waals surface area contributed by atoms with Gasteiger partial charge in [0.05, 0.1) is 0 Å². The summed E-state index contributed by atoms with van der Waals surface area (Å²) in [6.07, 6.45) is 4.25. The van der Waals surface area contributed by atoms with Gasteiger partial charge in [0, 0.05) is 36.7 Å². The number of carbonyl (C=O) groups is 1. The number of hydrogen-bond donors (Lipinski definition) is 0. The smallest absolute Gasteiger partial charge is 0.228 e. The van der Waals surface area contributed by atoms with Crippen LogP contribution in [-0.4, -0.2) is 40.4 Å². The second-order valence-electron chi connectivity index (χ2n) is 9.29. The van der Waals surface area contributed by atoms with Crippen molar-refractivity contribution in [1.29, 1.82) is 0 Å². The lowest BCUT2D eigenvalue weighted by Crippen LogP contribution is -2.39. The Kier molecular flexibility index (Phi) is 6.49. The molecule has 0 saturated carbocycles. The van der Waals surface area contributed by atoms with Crippen molar-refractivity contribution >= 4 is 11.7 Å².